The van der Waals surface area contributed by atoms with Gasteiger partial charge in [-0.25, -0.2) is 4.98 Å². The van der Waals surface area contributed by atoms with Gasteiger partial charge in [0, 0.05) is 5.56 Å². The number of aromatic amines is 3. The van der Waals surface area contributed by atoms with Gasteiger partial charge in [-0.05, 0) is 24.3 Å². The molecule has 2 heterocycles. The number of benzene rings is 3. The van der Waals surface area contributed by atoms with Crippen molar-refractivity contribution >= 4 is 22.1 Å². The Morgan fingerprint density at radius 3 is 1.92 bits per heavy atom. The molecule has 5 rings (SSSR count). The van der Waals surface area contributed by atoms with Crippen LogP contribution in [-0.2, 0) is 0 Å². The third-order valence-corrected chi connectivity index (χ3v) is 4.39. The summed E-state index contributed by atoms with van der Waals surface area (Å²) in [6.45, 7) is 0. The zero-order valence-electron chi connectivity index (χ0n) is 13.5. The Bertz CT molecular complexity index is 1190. The Morgan fingerprint density at radius 1 is 0.520 bits per heavy atom. The van der Waals surface area contributed by atoms with Crippen LogP contribution in [0.2, 0.25) is 0 Å². The molecule has 4 nitrogen and oxygen atoms in total. The second kappa shape index (κ2) is 5.53. The van der Waals surface area contributed by atoms with Crippen LogP contribution >= 0.6 is 0 Å². The Morgan fingerprint density at radius 2 is 1.12 bits per heavy atom. The molecule has 0 saturated carbocycles. The lowest BCUT2D eigenvalue weighted by atomic mass is 10.1. The highest BCUT2D eigenvalue weighted by atomic mass is 15.0. The highest BCUT2D eigenvalue weighted by Gasteiger charge is 2.13. The Labute approximate surface area is 144 Å². The van der Waals surface area contributed by atoms with E-state index in [0.717, 1.165) is 44.8 Å². The number of hydrogen-bond acceptors (Lipinski definition) is 1. The number of para-hydroxylation sites is 4. The number of nitrogens with zero attached hydrogens (tertiary/aromatic N) is 1. The third kappa shape index (κ3) is 2.35. The van der Waals surface area contributed by atoms with Gasteiger partial charge in [-0.3, -0.25) is 0 Å². The maximum atomic E-state index is 4.85. The minimum absolute atomic E-state index is 0.815. The average Bonchev–Trinajstić information content (AvgIpc) is 2.83. The monoisotopic (exact) mass is 324 g/mol. The number of fused-ring (bicyclic) bond motifs is 3. The molecule has 3 N–H and O–H groups in total. The topological polar surface area (TPSA) is 60.3 Å². The summed E-state index contributed by atoms with van der Waals surface area (Å²) in [6, 6.07) is 26.6. The zero-order valence-corrected chi connectivity index (χ0v) is 13.5. The number of aromatic nitrogens is 4. The van der Waals surface area contributed by atoms with Gasteiger partial charge >= 0.3 is 0 Å². The van der Waals surface area contributed by atoms with E-state index in [2.05, 4.69) is 39.2 Å². The molecule has 25 heavy (non-hydrogen) atoms. The van der Waals surface area contributed by atoms with E-state index in [-0.39, 0.29) is 0 Å². The summed E-state index contributed by atoms with van der Waals surface area (Å²) in [6.07, 6.45) is 0. The molecular weight excluding hydrogens is 308 g/mol. The van der Waals surface area contributed by atoms with Crippen LogP contribution < -0.4 is 0 Å². The molecule has 0 fully saturated rings. The van der Waals surface area contributed by atoms with Crippen LogP contribution in [0.1, 0.15) is 0 Å². The second-order valence-corrected chi connectivity index (χ2v) is 6.01. The molecule has 0 saturated heterocycles. The van der Waals surface area contributed by atoms with Gasteiger partial charge in [0.25, 0.3) is 0 Å². The highest BCUT2D eigenvalue weighted by Crippen LogP contribution is 2.30. The smallest absolute Gasteiger partial charge is 0.157 e. The summed E-state index contributed by atoms with van der Waals surface area (Å²) in [4.78, 5) is 15.4. The third-order valence-electron chi connectivity index (χ3n) is 4.39. The van der Waals surface area contributed by atoms with Crippen LogP contribution in [0.15, 0.2) is 78.9 Å². The fraction of sp³-hybridized carbons (Fsp3) is 0. The van der Waals surface area contributed by atoms with E-state index in [1.165, 1.54) is 0 Å². The molecule has 4 heteroatoms. The average molecular weight is 324 g/mol. The molecule has 0 radical (unpaired) electrons. The SMILES string of the molecule is c1ccc(-c2[nH]c3ccccc3[nH]c3nc4ccccc4[nH]c2-3)cc1. The molecule has 3 aromatic rings. The van der Waals surface area contributed by atoms with Gasteiger partial charge in [-0.1, -0.05) is 54.6 Å². The van der Waals surface area contributed by atoms with Gasteiger partial charge in [0.15, 0.2) is 5.82 Å². The maximum Gasteiger partial charge on any atom is 0.157 e. The van der Waals surface area contributed by atoms with Gasteiger partial charge in [0.2, 0.25) is 0 Å². The largest absolute Gasteiger partial charge is 0.352 e. The fourth-order valence-electron chi connectivity index (χ4n) is 3.17. The Balaban J connectivity index is 1.99. The van der Waals surface area contributed by atoms with E-state index in [9.17, 15) is 0 Å². The van der Waals surface area contributed by atoms with Crippen molar-refractivity contribution in [3.05, 3.63) is 78.9 Å². The summed E-state index contributed by atoms with van der Waals surface area (Å²) < 4.78 is 0. The Hall–Kier alpha value is -3.53. The van der Waals surface area contributed by atoms with Gasteiger partial charge in [0.1, 0.15) is 5.69 Å². The van der Waals surface area contributed by atoms with Gasteiger partial charge in [-0.2, -0.15) is 0 Å². The van der Waals surface area contributed by atoms with Crippen LogP contribution in [0.25, 0.3) is 44.8 Å². The van der Waals surface area contributed by atoms with E-state index in [0.29, 0.717) is 0 Å². The Kier molecular flexibility index (Phi) is 3.07. The number of H-pyrrole nitrogens is 3. The molecule has 0 amide bonds. The first-order valence-corrected chi connectivity index (χ1v) is 8.26. The van der Waals surface area contributed by atoms with E-state index in [4.69, 9.17) is 4.98 Å². The standard InChI is InChI=1S/C21H16N4/c1-2-8-14(9-3-1)19-20-21(24-17-12-6-4-10-15(17)22-19)25-18-13-7-5-11-16(18)23-20/h1-13,22-23H,(H,24,25). The minimum atomic E-state index is 0.815. The van der Waals surface area contributed by atoms with Crippen molar-refractivity contribution in [3.63, 3.8) is 0 Å². The van der Waals surface area contributed by atoms with Crippen molar-refractivity contribution in [2.45, 2.75) is 0 Å². The van der Waals surface area contributed by atoms with Gasteiger partial charge in [-0.15, -0.1) is 0 Å². The van der Waals surface area contributed by atoms with Crippen molar-refractivity contribution < 1.29 is 0 Å². The number of hydrogen-bond donors (Lipinski definition) is 3. The molecule has 2 aliphatic heterocycles. The predicted molar refractivity (Wildman–Crippen MR) is 102 cm³/mol. The van der Waals surface area contributed by atoms with Crippen LogP contribution in [-0.4, -0.2) is 19.9 Å². The summed E-state index contributed by atoms with van der Waals surface area (Å²) in [5.41, 5.74) is 7.02. The molecule has 0 bridgehead atoms. The lowest BCUT2D eigenvalue weighted by Gasteiger charge is -2.09. The van der Waals surface area contributed by atoms with Gasteiger partial charge in [0.05, 0.1) is 27.8 Å². The minimum Gasteiger partial charge on any atom is -0.352 e. The molecule has 0 aliphatic carbocycles. The van der Waals surface area contributed by atoms with E-state index in [1.54, 1.807) is 0 Å². The lowest BCUT2D eigenvalue weighted by Crippen LogP contribution is -1.96. The van der Waals surface area contributed by atoms with Crippen molar-refractivity contribution in [1.82, 2.24) is 19.9 Å². The first-order valence-electron chi connectivity index (χ1n) is 8.26. The summed E-state index contributed by atoms with van der Waals surface area (Å²) in [7, 11) is 0. The van der Waals surface area contributed by atoms with Crippen LogP contribution in [0.5, 0.6) is 0 Å². The molecule has 120 valence electrons. The van der Waals surface area contributed by atoms with Gasteiger partial charge < -0.3 is 15.0 Å². The zero-order chi connectivity index (χ0) is 16.6. The summed E-state index contributed by atoms with van der Waals surface area (Å²) in [5, 5.41) is 0. The maximum absolute atomic E-state index is 4.85. The van der Waals surface area contributed by atoms with Crippen LogP contribution in [0.3, 0.4) is 0 Å². The number of nitrogens with one attached hydrogen (secondary N) is 3. The van der Waals surface area contributed by atoms with Crippen LogP contribution in [0.4, 0.5) is 0 Å². The molecular formula is C21H16N4. The first-order chi connectivity index (χ1) is 12.4. The van der Waals surface area contributed by atoms with Crippen molar-refractivity contribution in [1.29, 1.82) is 0 Å². The van der Waals surface area contributed by atoms with Crippen molar-refractivity contribution in [3.8, 4) is 22.8 Å². The highest BCUT2D eigenvalue weighted by molar-refractivity contribution is 5.87. The fourth-order valence-corrected chi connectivity index (χ4v) is 3.17. The van der Waals surface area contributed by atoms with Crippen molar-refractivity contribution in [2.24, 2.45) is 0 Å². The molecule has 0 atom stereocenters. The summed E-state index contributed by atoms with van der Waals surface area (Å²) in [5.74, 6) is 0.815. The lowest BCUT2D eigenvalue weighted by molar-refractivity contribution is 1.20. The molecule has 0 spiro atoms. The van der Waals surface area contributed by atoms with Crippen LogP contribution in [0, 0.1) is 0 Å². The number of rotatable bonds is 1. The van der Waals surface area contributed by atoms with E-state index >= 15 is 0 Å². The summed E-state index contributed by atoms with van der Waals surface area (Å²) >= 11 is 0. The molecule has 0 aromatic heterocycles. The predicted octanol–water partition coefficient (Wildman–Crippen LogP) is 5.27. The van der Waals surface area contributed by atoms with Crippen molar-refractivity contribution in [2.75, 3.05) is 0 Å². The van der Waals surface area contributed by atoms with E-state index < -0.39 is 0 Å². The normalized spacial score (nSPS) is 11.2. The van der Waals surface area contributed by atoms with E-state index in [1.807, 2.05) is 54.6 Å². The molecule has 2 aliphatic rings. The molecule has 0 unspecified atom stereocenters. The molecule has 3 aromatic carbocycles. The first kappa shape index (κ1) is 13.9. The second-order valence-electron chi connectivity index (χ2n) is 6.01. The quantitative estimate of drug-likeness (QED) is 0.386.